The quantitative estimate of drug-likeness (QED) is 0.857. The molecule has 2 aromatic heterocycles. The number of halogens is 1. The van der Waals surface area contributed by atoms with E-state index in [2.05, 4.69) is 4.98 Å². The fourth-order valence-corrected chi connectivity index (χ4v) is 2.46. The Hall–Kier alpha value is -1.99. The van der Waals surface area contributed by atoms with Crippen molar-refractivity contribution in [3.05, 3.63) is 35.5 Å². The molecule has 3 rings (SSSR count). The molecule has 1 saturated heterocycles. The van der Waals surface area contributed by atoms with Crippen molar-refractivity contribution in [1.82, 2.24) is 14.3 Å². The number of fused-ring (bicyclic) bond motifs is 1. The molecular weight excluding hydrogens is 289 g/mol. The van der Waals surface area contributed by atoms with Crippen LogP contribution in [0.25, 0.3) is 5.65 Å². The fraction of sp³-hybridized carbons (Fsp3) is 0.467. The molecule has 0 aromatic carbocycles. The SMILES string of the molecule is Cc1ccn2c(F)c(C(=O)N(C)C[C@H]3COCCO3)nc2c1. The van der Waals surface area contributed by atoms with Gasteiger partial charge in [-0.15, -0.1) is 0 Å². The van der Waals surface area contributed by atoms with Crippen LogP contribution in [0.3, 0.4) is 0 Å². The van der Waals surface area contributed by atoms with Crippen molar-refractivity contribution in [3.8, 4) is 0 Å². The van der Waals surface area contributed by atoms with Gasteiger partial charge in [0, 0.05) is 19.8 Å². The number of aryl methyl sites for hydroxylation is 1. The third-order valence-corrected chi connectivity index (χ3v) is 3.64. The average Bonchev–Trinajstić information content (AvgIpc) is 2.83. The summed E-state index contributed by atoms with van der Waals surface area (Å²) in [5.74, 6) is -1.11. The number of hydrogen-bond acceptors (Lipinski definition) is 4. The van der Waals surface area contributed by atoms with Gasteiger partial charge in [-0.05, 0) is 24.6 Å². The molecule has 0 saturated carbocycles. The first-order valence-electron chi connectivity index (χ1n) is 7.15. The van der Waals surface area contributed by atoms with E-state index < -0.39 is 11.9 Å². The average molecular weight is 307 g/mol. The molecule has 0 aliphatic carbocycles. The molecule has 1 aliphatic heterocycles. The van der Waals surface area contributed by atoms with Crippen molar-refractivity contribution in [2.24, 2.45) is 0 Å². The minimum absolute atomic E-state index is 0.176. The number of likely N-dealkylation sites (N-methyl/N-ethyl adjacent to an activating group) is 1. The zero-order chi connectivity index (χ0) is 15.7. The first kappa shape index (κ1) is 14.9. The molecule has 7 heteroatoms. The maximum Gasteiger partial charge on any atom is 0.277 e. The molecule has 1 atom stereocenters. The first-order chi connectivity index (χ1) is 10.6. The van der Waals surface area contributed by atoms with Crippen LogP contribution in [0.1, 0.15) is 16.1 Å². The van der Waals surface area contributed by atoms with Crippen molar-refractivity contribution >= 4 is 11.6 Å². The molecule has 0 radical (unpaired) electrons. The maximum absolute atomic E-state index is 14.3. The molecule has 1 fully saturated rings. The molecule has 0 spiro atoms. The highest BCUT2D eigenvalue weighted by Gasteiger charge is 2.25. The van der Waals surface area contributed by atoms with Gasteiger partial charge >= 0.3 is 0 Å². The summed E-state index contributed by atoms with van der Waals surface area (Å²) in [6, 6.07) is 3.50. The van der Waals surface area contributed by atoms with E-state index in [1.54, 1.807) is 25.4 Å². The van der Waals surface area contributed by atoms with Gasteiger partial charge in [-0.2, -0.15) is 4.39 Å². The van der Waals surface area contributed by atoms with E-state index in [1.165, 1.54) is 9.30 Å². The summed E-state index contributed by atoms with van der Waals surface area (Å²) in [5.41, 5.74) is 1.20. The molecule has 1 aliphatic rings. The highest BCUT2D eigenvalue weighted by atomic mass is 19.1. The Morgan fingerprint density at radius 1 is 1.55 bits per heavy atom. The van der Waals surface area contributed by atoms with E-state index in [1.807, 2.05) is 6.92 Å². The Balaban J connectivity index is 1.80. The molecular formula is C15H18FN3O3. The summed E-state index contributed by atoms with van der Waals surface area (Å²) >= 11 is 0. The van der Waals surface area contributed by atoms with E-state index >= 15 is 0 Å². The minimum Gasteiger partial charge on any atom is -0.376 e. The van der Waals surface area contributed by atoms with Gasteiger partial charge in [0.1, 0.15) is 5.65 Å². The van der Waals surface area contributed by atoms with Crippen LogP contribution >= 0.6 is 0 Å². The Labute approximate surface area is 127 Å². The van der Waals surface area contributed by atoms with E-state index in [4.69, 9.17) is 9.47 Å². The standard InChI is InChI=1S/C15H18FN3O3/c1-10-3-4-19-12(7-10)17-13(14(19)16)15(20)18(2)8-11-9-21-5-6-22-11/h3-4,7,11H,5-6,8-9H2,1-2H3/t11-/m0/s1. The van der Waals surface area contributed by atoms with Crippen LogP contribution in [0.5, 0.6) is 0 Å². The van der Waals surface area contributed by atoms with Crippen LogP contribution in [-0.4, -0.2) is 59.7 Å². The van der Waals surface area contributed by atoms with E-state index in [0.717, 1.165) is 5.56 Å². The van der Waals surface area contributed by atoms with Gasteiger partial charge in [0.25, 0.3) is 5.91 Å². The third-order valence-electron chi connectivity index (χ3n) is 3.64. The van der Waals surface area contributed by atoms with Gasteiger partial charge in [0.2, 0.25) is 5.95 Å². The highest BCUT2D eigenvalue weighted by Crippen LogP contribution is 2.15. The number of carbonyl (C=O) groups is 1. The maximum atomic E-state index is 14.3. The van der Waals surface area contributed by atoms with Gasteiger partial charge in [-0.25, -0.2) is 4.98 Å². The van der Waals surface area contributed by atoms with Crippen molar-refractivity contribution in [1.29, 1.82) is 0 Å². The van der Waals surface area contributed by atoms with Gasteiger partial charge in [0.15, 0.2) is 5.69 Å². The number of hydrogen-bond donors (Lipinski definition) is 0. The number of ether oxygens (including phenoxy) is 2. The molecule has 0 N–H and O–H groups in total. The summed E-state index contributed by atoms with van der Waals surface area (Å²) < 4.78 is 26.4. The van der Waals surface area contributed by atoms with Crippen molar-refractivity contribution < 1.29 is 18.7 Å². The smallest absolute Gasteiger partial charge is 0.277 e. The minimum atomic E-state index is -0.646. The van der Waals surface area contributed by atoms with Crippen LogP contribution in [0, 0.1) is 12.9 Å². The monoisotopic (exact) mass is 307 g/mol. The normalized spacial score (nSPS) is 18.6. The number of nitrogens with zero attached hydrogens (tertiary/aromatic N) is 3. The molecule has 0 bridgehead atoms. The molecule has 1 amide bonds. The van der Waals surface area contributed by atoms with E-state index in [0.29, 0.717) is 32.0 Å². The Morgan fingerprint density at radius 3 is 3.09 bits per heavy atom. The lowest BCUT2D eigenvalue weighted by Crippen LogP contribution is -2.41. The topological polar surface area (TPSA) is 56.1 Å². The second kappa shape index (κ2) is 6.02. The Bertz CT molecular complexity index is 695. The lowest BCUT2D eigenvalue weighted by Gasteiger charge is -2.27. The number of pyridine rings is 1. The van der Waals surface area contributed by atoms with Crippen LogP contribution in [0.15, 0.2) is 18.3 Å². The van der Waals surface area contributed by atoms with Crippen molar-refractivity contribution in [2.45, 2.75) is 13.0 Å². The van der Waals surface area contributed by atoms with Crippen LogP contribution in [0.2, 0.25) is 0 Å². The summed E-state index contributed by atoms with van der Waals surface area (Å²) in [6.07, 6.45) is 1.38. The molecule has 6 nitrogen and oxygen atoms in total. The Kier molecular flexibility index (Phi) is 4.08. The predicted molar refractivity (Wildman–Crippen MR) is 77.4 cm³/mol. The zero-order valence-corrected chi connectivity index (χ0v) is 12.6. The fourth-order valence-electron chi connectivity index (χ4n) is 2.46. The number of carbonyl (C=O) groups excluding carboxylic acids is 1. The van der Waals surface area contributed by atoms with Gasteiger partial charge in [-0.3, -0.25) is 9.20 Å². The summed E-state index contributed by atoms with van der Waals surface area (Å²) in [7, 11) is 1.61. The van der Waals surface area contributed by atoms with Gasteiger partial charge in [0.05, 0.1) is 25.9 Å². The number of rotatable bonds is 3. The van der Waals surface area contributed by atoms with Crippen LogP contribution in [-0.2, 0) is 9.47 Å². The third kappa shape index (κ3) is 2.82. The van der Waals surface area contributed by atoms with Crippen molar-refractivity contribution in [2.75, 3.05) is 33.4 Å². The predicted octanol–water partition coefficient (Wildman–Crippen LogP) is 1.27. The molecule has 22 heavy (non-hydrogen) atoms. The largest absolute Gasteiger partial charge is 0.376 e. The first-order valence-corrected chi connectivity index (χ1v) is 7.15. The second-order valence-electron chi connectivity index (χ2n) is 5.44. The summed E-state index contributed by atoms with van der Waals surface area (Å²) in [4.78, 5) is 17.9. The summed E-state index contributed by atoms with van der Waals surface area (Å²) in [5, 5.41) is 0. The van der Waals surface area contributed by atoms with Crippen LogP contribution < -0.4 is 0 Å². The van der Waals surface area contributed by atoms with Crippen molar-refractivity contribution in [3.63, 3.8) is 0 Å². The number of imidazole rings is 1. The number of aromatic nitrogens is 2. The lowest BCUT2D eigenvalue weighted by molar-refractivity contribution is -0.0934. The molecule has 2 aromatic rings. The Morgan fingerprint density at radius 2 is 2.36 bits per heavy atom. The second-order valence-corrected chi connectivity index (χ2v) is 5.44. The number of amides is 1. The van der Waals surface area contributed by atoms with E-state index in [-0.39, 0.29) is 11.8 Å². The molecule has 0 unspecified atom stereocenters. The zero-order valence-electron chi connectivity index (χ0n) is 12.6. The summed E-state index contributed by atoms with van der Waals surface area (Å²) in [6.45, 7) is 3.74. The van der Waals surface area contributed by atoms with Gasteiger partial charge in [-0.1, -0.05) is 0 Å². The van der Waals surface area contributed by atoms with E-state index in [9.17, 15) is 9.18 Å². The van der Waals surface area contributed by atoms with Crippen LogP contribution in [0.4, 0.5) is 4.39 Å². The van der Waals surface area contributed by atoms with Gasteiger partial charge < -0.3 is 14.4 Å². The highest BCUT2D eigenvalue weighted by molar-refractivity contribution is 5.93. The molecule has 118 valence electrons. The lowest BCUT2D eigenvalue weighted by atomic mass is 10.3. The molecule has 3 heterocycles.